The summed E-state index contributed by atoms with van der Waals surface area (Å²) in [6, 6.07) is 17.0. The lowest BCUT2D eigenvalue weighted by Gasteiger charge is -2.43. The maximum atomic E-state index is 13.6. The van der Waals surface area contributed by atoms with Crippen LogP contribution >= 0.6 is 11.8 Å². The highest BCUT2D eigenvalue weighted by Gasteiger charge is 2.50. The van der Waals surface area contributed by atoms with Crippen molar-refractivity contribution in [3.8, 4) is 0 Å². The number of thioether (sulfide) groups is 1. The van der Waals surface area contributed by atoms with Crippen LogP contribution in [-0.2, 0) is 16.1 Å². The molecule has 6 nitrogen and oxygen atoms in total. The highest BCUT2D eigenvalue weighted by atomic mass is 32.2. The van der Waals surface area contributed by atoms with Gasteiger partial charge in [-0.15, -0.1) is 11.8 Å². The van der Waals surface area contributed by atoms with Crippen molar-refractivity contribution < 1.29 is 6.22 Å². The second-order valence-corrected chi connectivity index (χ2v) is 14.5. The van der Waals surface area contributed by atoms with E-state index in [9.17, 15) is 9.59 Å². The van der Waals surface area contributed by atoms with Crippen molar-refractivity contribution in [3.05, 3.63) is 70.1 Å². The van der Waals surface area contributed by atoms with Gasteiger partial charge in [0, 0.05) is 45.3 Å². The number of aromatic nitrogens is 2. The van der Waals surface area contributed by atoms with Gasteiger partial charge in [0.15, 0.2) is 0 Å². The number of nitrogens with zero attached hydrogens (tertiary/aromatic N) is 3. The summed E-state index contributed by atoms with van der Waals surface area (Å²) in [6.07, 6.45) is 6.91. The van der Waals surface area contributed by atoms with E-state index >= 15 is 0 Å². The number of hydrogen-bond donors (Lipinski definition) is 1. The molecule has 2 fully saturated rings. The van der Waals surface area contributed by atoms with Crippen LogP contribution < -0.4 is 5.69 Å². The molecule has 1 aliphatic carbocycles. The molecule has 0 radical (unpaired) electrons. The summed E-state index contributed by atoms with van der Waals surface area (Å²) in [7, 11) is 0. The van der Waals surface area contributed by atoms with Crippen LogP contribution in [0.3, 0.4) is 0 Å². The van der Waals surface area contributed by atoms with E-state index < -0.39 is 0 Å². The molecule has 2 atom stereocenters. The van der Waals surface area contributed by atoms with E-state index in [1.165, 1.54) is 17.5 Å². The molecule has 3 aliphatic rings. The molecule has 3 aromatic rings. The number of carbonyl (C=O) groups is 1. The third-order valence-electron chi connectivity index (χ3n) is 9.04. The van der Waals surface area contributed by atoms with Gasteiger partial charge in [0.25, 0.3) is 0 Å². The Labute approximate surface area is 237 Å². The van der Waals surface area contributed by atoms with Gasteiger partial charge in [0.2, 0.25) is 5.91 Å². The second-order valence-electron chi connectivity index (χ2n) is 12.9. The predicted octanol–water partition coefficient (Wildman–Crippen LogP) is 6.17. The van der Waals surface area contributed by atoms with Gasteiger partial charge in [-0.3, -0.25) is 14.3 Å². The number of aryl methyl sites for hydroxylation is 1. The highest BCUT2D eigenvalue weighted by Crippen LogP contribution is 2.55. The van der Waals surface area contributed by atoms with E-state index in [0.29, 0.717) is 24.8 Å². The second kappa shape index (κ2) is 10.5. The molecule has 1 N–H and O–H groups in total. The van der Waals surface area contributed by atoms with E-state index in [4.69, 9.17) is 0 Å². The highest BCUT2D eigenvalue weighted by molar-refractivity contribution is 8.01. The lowest BCUT2D eigenvalue weighted by molar-refractivity contribution is -0.132. The lowest BCUT2D eigenvalue weighted by Crippen LogP contribution is -2.43. The average Bonchev–Trinajstić information content (AvgIpc) is 3.44. The molecular formula is C32H44N4O2S. The fourth-order valence-electron chi connectivity index (χ4n) is 6.99. The summed E-state index contributed by atoms with van der Waals surface area (Å²) in [6.45, 7) is 10.5. The molecule has 1 amide bonds. The first-order valence-electron chi connectivity index (χ1n) is 14.7. The maximum absolute atomic E-state index is 13.6. The number of imidazole rings is 1. The number of amides is 1. The Hall–Kier alpha value is -2.51. The fraction of sp³-hybridized carbons (Fsp3) is 0.562. The molecule has 2 aliphatic heterocycles. The first-order valence-corrected chi connectivity index (χ1v) is 15.6. The summed E-state index contributed by atoms with van der Waals surface area (Å²) in [5.74, 6) is 0.272. The van der Waals surface area contributed by atoms with Gasteiger partial charge in [-0.05, 0) is 67.2 Å². The summed E-state index contributed by atoms with van der Waals surface area (Å²) in [5, 5.41) is 0.303. The van der Waals surface area contributed by atoms with E-state index in [2.05, 4.69) is 71.6 Å². The number of piperidine rings is 1. The van der Waals surface area contributed by atoms with Gasteiger partial charge in [-0.25, -0.2) is 4.79 Å². The van der Waals surface area contributed by atoms with Gasteiger partial charge in [-0.1, -0.05) is 57.2 Å². The average molecular weight is 549 g/mol. The molecule has 210 valence electrons. The van der Waals surface area contributed by atoms with Crippen molar-refractivity contribution in [2.45, 2.75) is 81.9 Å². The smallest absolute Gasteiger partial charge is 0.326 e. The van der Waals surface area contributed by atoms with Crippen molar-refractivity contribution >= 4 is 28.7 Å². The number of aromatic amines is 1. The summed E-state index contributed by atoms with van der Waals surface area (Å²) >= 11 is 2.06. The van der Waals surface area contributed by atoms with Gasteiger partial charge in [0.1, 0.15) is 0 Å². The zero-order chi connectivity index (χ0) is 27.2. The Morgan fingerprint density at radius 1 is 1.10 bits per heavy atom. The number of benzene rings is 2. The van der Waals surface area contributed by atoms with Gasteiger partial charge < -0.3 is 9.88 Å². The molecule has 0 saturated carbocycles. The number of hydrogen-bond acceptors (Lipinski definition) is 4. The van der Waals surface area contributed by atoms with Crippen LogP contribution in [0.25, 0.3) is 11.0 Å². The van der Waals surface area contributed by atoms with Crippen LogP contribution in [0.15, 0.2) is 53.3 Å². The molecule has 3 heterocycles. The predicted molar refractivity (Wildman–Crippen MR) is 162 cm³/mol. The first kappa shape index (κ1) is 26.7. The Kier molecular flexibility index (Phi) is 7.17. The van der Waals surface area contributed by atoms with Crippen molar-refractivity contribution in [3.63, 3.8) is 0 Å². The normalized spacial score (nSPS) is 24.5. The summed E-state index contributed by atoms with van der Waals surface area (Å²) in [4.78, 5) is 34.0. The molecular weight excluding hydrogens is 504 g/mol. The van der Waals surface area contributed by atoms with Crippen LogP contribution in [0.2, 0.25) is 0 Å². The number of rotatable bonds is 5. The molecule has 7 heteroatoms. The van der Waals surface area contributed by atoms with E-state index in [0.717, 1.165) is 56.2 Å². The Balaban J connectivity index is 0.00000323. The zero-order valence-corrected chi connectivity index (χ0v) is 24.4. The largest absolute Gasteiger partial charge is 0.343 e. The Bertz CT molecular complexity index is 1400. The number of fused-ring (bicyclic) bond motifs is 3. The van der Waals surface area contributed by atoms with Crippen LogP contribution in [0.1, 0.15) is 77.9 Å². The first-order chi connectivity index (χ1) is 18.7. The van der Waals surface area contributed by atoms with Crippen LogP contribution in [0.5, 0.6) is 0 Å². The van der Waals surface area contributed by atoms with Crippen LogP contribution in [-0.4, -0.2) is 56.7 Å². The molecule has 2 saturated heterocycles. The summed E-state index contributed by atoms with van der Waals surface area (Å²) in [5.41, 5.74) is 5.05. The SMILES string of the molecule is CC(C)(C)CCN1CC(CC(=O)N2CCC(n3c(=O)[nH]c4ccccc43)CC2)SC12CCCc1ccccc12.[HH]. The molecule has 1 spiro atoms. The topological polar surface area (TPSA) is 61.3 Å². The minimum atomic E-state index is -0.0447. The fourth-order valence-corrected chi connectivity index (χ4v) is 8.92. The molecule has 1 aromatic heterocycles. The van der Waals surface area contributed by atoms with Crippen molar-refractivity contribution in [1.29, 1.82) is 0 Å². The zero-order valence-electron chi connectivity index (χ0n) is 23.6. The van der Waals surface area contributed by atoms with E-state index in [-0.39, 0.29) is 29.4 Å². The Morgan fingerprint density at radius 2 is 1.85 bits per heavy atom. The van der Waals surface area contributed by atoms with Crippen LogP contribution in [0.4, 0.5) is 0 Å². The molecule has 2 aromatic carbocycles. The molecule has 39 heavy (non-hydrogen) atoms. The van der Waals surface area contributed by atoms with Crippen LogP contribution in [0, 0.1) is 5.41 Å². The maximum Gasteiger partial charge on any atom is 0.326 e. The van der Waals surface area contributed by atoms with Crippen molar-refractivity contribution in [2.75, 3.05) is 26.2 Å². The number of H-pyrrole nitrogens is 1. The minimum absolute atomic E-state index is 0. The van der Waals surface area contributed by atoms with Crippen molar-refractivity contribution in [1.82, 2.24) is 19.4 Å². The quantitative estimate of drug-likeness (QED) is 0.414. The molecule has 6 rings (SSSR count). The third kappa shape index (κ3) is 5.20. The third-order valence-corrected chi connectivity index (χ3v) is 10.8. The monoisotopic (exact) mass is 548 g/mol. The standard InChI is InChI=1S/C32H42N4O2S.H2/c1-31(2,3)17-20-35-22-25(39-32(35)16-8-10-23-9-4-5-11-26(23)32)21-29(37)34-18-14-24(15-19-34)36-28-13-7-6-12-27(28)33-30(36)38;/h4-7,9,11-13,24-25H,8,10,14-22H2,1-3H3,(H,33,38);1H. The Morgan fingerprint density at radius 3 is 2.64 bits per heavy atom. The van der Waals surface area contributed by atoms with E-state index in [1.807, 2.05) is 28.8 Å². The molecule has 2 unspecified atom stereocenters. The molecule has 0 bridgehead atoms. The number of para-hydroxylation sites is 2. The number of likely N-dealkylation sites (tertiary alicyclic amines) is 1. The van der Waals surface area contributed by atoms with Gasteiger partial charge in [-0.2, -0.15) is 0 Å². The lowest BCUT2D eigenvalue weighted by atomic mass is 9.85. The number of nitrogens with one attached hydrogen (secondary N) is 1. The minimum Gasteiger partial charge on any atom is -0.343 e. The summed E-state index contributed by atoms with van der Waals surface area (Å²) < 4.78 is 1.90. The van der Waals surface area contributed by atoms with Crippen molar-refractivity contribution in [2.24, 2.45) is 5.41 Å². The van der Waals surface area contributed by atoms with Gasteiger partial charge >= 0.3 is 5.69 Å². The van der Waals surface area contributed by atoms with Gasteiger partial charge in [0.05, 0.1) is 15.9 Å². The van der Waals surface area contributed by atoms with E-state index in [1.54, 1.807) is 0 Å². The number of carbonyl (C=O) groups excluding carboxylic acids is 1.